The molecule has 0 saturated carbocycles. The highest BCUT2D eigenvalue weighted by Gasteiger charge is 2.20. The van der Waals surface area contributed by atoms with Crippen LogP contribution in [0.25, 0.3) is 0 Å². The van der Waals surface area contributed by atoms with Gasteiger partial charge in [-0.15, -0.1) is 0 Å². The van der Waals surface area contributed by atoms with Crippen molar-refractivity contribution in [1.29, 1.82) is 0 Å². The first kappa shape index (κ1) is 18.9. The second-order valence-electron chi connectivity index (χ2n) is 7.10. The van der Waals surface area contributed by atoms with Crippen molar-refractivity contribution in [2.75, 3.05) is 37.6 Å². The number of carbonyl (C=O) groups is 2. The molecule has 0 spiro atoms. The topological polar surface area (TPSA) is 82.1 Å². The maximum Gasteiger partial charge on any atom is 0.407 e. The Bertz CT molecular complexity index is 587. The Balaban J connectivity index is 1.77. The van der Waals surface area contributed by atoms with E-state index in [4.69, 9.17) is 9.84 Å². The predicted octanol–water partition coefficient (Wildman–Crippen LogP) is 2.55. The number of alkyl carbamates (subject to hydrolysis) is 1. The number of benzene rings is 1. The van der Waals surface area contributed by atoms with Crippen molar-refractivity contribution < 1.29 is 19.4 Å². The van der Waals surface area contributed by atoms with Crippen LogP contribution in [0, 0.1) is 0 Å². The normalized spacial score (nSPS) is 15.0. The summed E-state index contributed by atoms with van der Waals surface area (Å²) in [6, 6.07) is 8.16. The Kier molecular flexibility index (Phi) is 6.12. The number of hydrogen-bond acceptors (Lipinski definition) is 4. The van der Waals surface area contributed by atoms with Crippen molar-refractivity contribution in [3.8, 4) is 0 Å². The summed E-state index contributed by atoms with van der Waals surface area (Å²) >= 11 is 0. The van der Waals surface area contributed by atoms with Gasteiger partial charge in [-0.2, -0.15) is 0 Å². The molecule has 1 aliphatic rings. The monoisotopic (exact) mass is 349 g/mol. The standard InChI is InChI=1S/C18H27N3O4/c1-18(2,3)25-16(22)19-9-8-14-4-6-15(7-5-14)20-10-12-21(13-11-20)17(23)24/h4-7H,8-13H2,1-3H3,(H,19,22)(H,23,24). The van der Waals surface area contributed by atoms with E-state index in [1.807, 2.05) is 45.0 Å². The van der Waals surface area contributed by atoms with E-state index in [1.165, 1.54) is 4.90 Å². The molecule has 2 amide bonds. The largest absolute Gasteiger partial charge is 0.465 e. The van der Waals surface area contributed by atoms with Gasteiger partial charge in [0.15, 0.2) is 0 Å². The molecule has 1 aliphatic heterocycles. The van der Waals surface area contributed by atoms with Crippen molar-refractivity contribution in [3.05, 3.63) is 29.8 Å². The number of amides is 2. The van der Waals surface area contributed by atoms with E-state index in [-0.39, 0.29) is 0 Å². The lowest BCUT2D eigenvalue weighted by Crippen LogP contribution is -2.48. The van der Waals surface area contributed by atoms with Gasteiger partial charge in [0.2, 0.25) is 0 Å². The molecular weight excluding hydrogens is 322 g/mol. The Morgan fingerprint density at radius 3 is 2.24 bits per heavy atom. The van der Waals surface area contributed by atoms with Crippen LogP contribution in [0.3, 0.4) is 0 Å². The first-order valence-electron chi connectivity index (χ1n) is 8.53. The van der Waals surface area contributed by atoms with Crippen LogP contribution in [0.5, 0.6) is 0 Å². The summed E-state index contributed by atoms with van der Waals surface area (Å²) < 4.78 is 5.20. The van der Waals surface area contributed by atoms with Gasteiger partial charge in [0.25, 0.3) is 0 Å². The lowest BCUT2D eigenvalue weighted by Gasteiger charge is -2.34. The van der Waals surface area contributed by atoms with Gasteiger partial charge in [0.1, 0.15) is 5.60 Å². The first-order chi connectivity index (χ1) is 11.7. The number of nitrogens with one attached hydrogen (secondary N) is 1. The lowest BCUT2D eigenvalue weighted by atomic mass is 10.1. The van der Waals surface area contributed by atoms with Gasteiger partial charge in [-0.25, -0.2) is 9.59 Å². The summed E-state index contributed by atoms with van der Waals surface area (Å²) in [5.74, 6) is 0. The Morgan fingerprint density at radius 1 is 1.12 bits per heavy atom. The molecule has 0 unspecified atom stereocenters. The maximum absolute atomic E-state index is 11.6. The van der Waals surface area contributed by atoms with Gasteiger partial charge in [-0.3, -0.25) is 0 Å². The molecule has 1 heterocycles. The molecule has 0 bridgehead atoms. The molecule has 7 heteroatoms. The van der Waals surface area contributed by atoms with Gasteiger partial charge < -0.3 is 25.0 Å². The average molecular weight is 349 g/mol. The molecular formula is C18H27N3O4. The smallest absolute Gasteiger partial charge is 0.407 e. The molecule has 0 aromatic heterocycles. The van der Waals surface area contributed by atoms with E-state index in [9.17, 15) is 9.59 Å². The van der Waals surface area contributed by atoms with Crippen LogP contribution in [0.2, 0.25) is 0 Å². The summed E-state index contributed by atoms with van der Waals surface area (Å²) in [7, 11) is 0. The van der Waals surface area contributed by atoms with Crippen LogP contribution in [0.4, 0.5) is 15.3 Å². The van der Waals surface area contributed by atoms with Crippen LogP contribution in [-0.2, 0) is 11.2 Å². The third kappa shape index (κ3) is 6.17. The van der Waals surface area contributed by atoms with E-state index in [0.29, 0.717) is 32.7 Å². The van der Waals surface area contributed by atoms with Gasteiger partial charge in [0.05, 0.1) is 0 Å². The number of rotatable bonds is 4. The van der Waals surface area contributed by atoms with Crippen LogP contribution < -0.4 is 10.2 Å². The third-order valence-corrected chi connectivity index (χ3v) is 3.93. The fourth-order valence-electron chi connectivity index (χ4n) is 2.65. The van der Waals surface area contributed by atoms with E-state index in [1.54, 1.807) is 0 Å². The van der Waals surface area contributed by atoms with Gasteiger partial charge in [0, 0.05) is 38.4 Å². The zero-order valence-corrected chi connectivity index (χ0v) is 15.1. The fraction of sp³-hybridized carbons (Fsp3) is 0.556. The van der Waals surface area contributed by atoms with Crippen molar-refractivity contribution in [2.45, 2.75) is 32.8 Å². The molecule has 1 aromatic carbocycles. The van der Waals surface area contributed by atoms with Crippen molar-refractivity contribution >= 4 is 17.9 Å². The zero-order chi connectivity index (χ0) is 18.4. The minimum absolute atomic E-state index is 0.402. The Labute approximate surface area is 148 Å². The van der Waals surface area contributed by atoms with Crippen molar-refractivity contribution in [3.63, 3.8) is 0 Å². The summed E-state index contributed by atoms with van der Waals surface area (Å²) in [5, 5.41) is 11.7. The summed E-state index contributed by atoms with van der Waals surface area (Å²) in [4.78, 5) is 26.2. The summed E-state index contributed by atoms with van der Waals surface area (Å²) in [6.07, 6.45) is -0.528. The van der Waals surface area contributed by atoms with Crippen molar-refractivity contribution in [1.82, 2.24) is 10.2 Å². The maximum atomic E-state index is 11.6. The van der Waals surface area contributed by atoms with Crippen LogP contribution in [0.1, 0.15) is 26.3 Å². The molecule has 7 nitrogen and oxygen atoms in total. The van der Waals surface area contributed by atoms with Crippen molar-refractivity contribution in [2.24, 2.45) is 0 Å². The molecule has 0 radical (unpaired) electrons. The fourth-order valence-corrected chi connectivity index (χ4v) is 2.65. The van der Waals surface area contributed by atoms with Crippen LogP contribution in [0.15, 0.2) is 24.3 Å². The summed E-state index contributed by atoms with van der Waals surface area (Å²) in [6.45, 7) is 8.47. The minimum Gasteiger partial charge on any atom is -0.465 e. The zero-order valence-electron chi connectivity index (χ0n) is 15.1. The average Bonchev–Trinajstić information content (AvgIpc) is 2.54. The Morgan fingerprint density at radius 2 is 1.72 bits per heavy atom. The van der Waals surface area contributed by atoms with E-state index in [0.717, 1.165) is 17.7 Å². The van der Waals surface area contributed by atoms with E-state index in [2.05, 4.69) is 10.2 Å². The van der Waals surface area contributed by atoms with Gasteiger partial charge >= 0.3 is 12.2 Å². The number of hydrogen-bond donors (Lipinski definition) is 2. The predicted molar refractivity (Wildman–Crippen MR) is 96.2 cm³/mol. The van der Waals surface area contributed by atoms with E-state index < -0.39 is 17.8 Å². The first-order valence-corrected chi connectivity index (χ1v) is 8.53. The lowest BCUT2D eigenvalue weighted by molar-refractivity contribution is 0.0528. The molecule has 1 aromatic rings. The molecule has 138 valence electrons. The van der Waals surface area contributed by atoms with Crippen LogP contribution in [-0.4, -0.2) is 60.5 Å². The number of piperazine rings is 1. The molecule has 1 saturated heterocycles. The number of ether oxygens (including phenoxy) is 1. The molecule has 1 fully saturated rings. The Hall–Kier alpha value is -2.44. The SMILES string of the molecule is CC(C)(C)OC(=O)NCCc1ccc(N2CCN(C(=O)O)CC2)cc1. The molecule has 2 rings (SSSR count). The second kappa shape index (κ2) is 8.09. The quantitative estimate of drug-likeness (QED) is 0.873. The second-order valence-corrected chi connectivity index (χ2v) is 7.10. The number of carboxylic acid groups (broad SMARTS) is 1. The summed E-state index contributed by atoms with van der Waals surface area (Å²) in [5.41, 5.74) is 1.73. The molecule has 0 aliphatic carbocycles. The number of anilines is 1. The van der Waals surface area contributed by atoms with Crippen LogP contribution >= 0.6 is 0 Å². The van der Waals surface area contributed by atoms with Gasteiger partial charge in [-0.1, -0.05) is 12.1 Å². The van der Waals surface area contributed by atoms with Gasteiger partial charge in [-0.05, 0) is 44.9 Å². The molecule has 2 N–H and O–H groups in total. The number of carbonyl (C=O) groups excluding carboxylic acids is 1. The van der Waals surface area contributed by atoms with E-state index >= 15 is 0 Å². The highest BCUT2D eigenvalue weighted by molar-refractivity contribution is 5.67. The molecule has 25 heavy (non-hydrogen) atoms. The molecule has 0 atom stereocenters. The highest BCUT2D eigenvalue weighted by Crippen LogP contribution is 2.17. The third-order valence-electron chi connectivity index (χ3n) is 3.93. The minimum atomic E-state index is -0.854. The highest BCUT2D eigenvalue weighted by atomic mass is 16.6. The number of nitrogens with zero attached hydrogens (tertiary/aromatic N) is 2.